The molecule has 0 aromatic heterocycles. The van der Waals surface area contributed by atoms with Crippen LogP contribution in [0.3, 0.4) is 0 Å². The highest BCUT2D eigenvalue weighted by Crippen LogP contribution is 2.23. The molecule has 0 radical (unpaired) electrons. The maximum Gasteiger partial charge on any atom is 0.101 e. The van der Waals surface area contributed by atoms with Gasteiger partial charge in [-0.2, -0.15) is 5.26 Å². The number of hydrogen-bond donors (Lipinski definition) is 2. The van der Waals surface area contributed by atoms with Gasteiger partial charge in [-0.15, -0.1) is 0 Å². The van der Waals surface area contributed by atoms with Crippen LogP contribution in [0.15, 0.2) is 18.2 Å². The Morgan fingerprint density at radius 3 is 2.69 bits per heavy atom. The molecule has 3 nitrogen and oxygen atoms in total. The van der Waals surface area contributed by atoms with Crippen LogP contribution in [-0.4, -0.2) is 6.54 Å². The Balaban J connectivity index is 2.79. The van der Waals surface area contributed by atoms with Crippen LogP contribution in [0, 0.1) is 16.7 Å². The van der Waals surface area contributed by atoms with Gasteiger partial charge in [0.05, 0.1) is 11.3 Å². The van der Waals surface area contributed by atoms with E-state index in [1.54, 1.807) is 6.07 Å². The van der Waals surface area contributed by atoms with E-state index in [4.69, 9.17) is 11.0 Å². The lowest BCUT2D eigenvalue weighted by Gasteiger charge is -2.24. The maximum atomic E-state index is 8.98. The highest BCUT2D eigenvalue weighted by molar-refractivity contribution is 5.62. The lowest BCUT2D eigenvalue weighted by molar-refractivity contribution is 0.377. The molecule has 0 heterocycles. The summed E-state index contributed by atoms with van der Waals surface area (Å²) in [5.41, 5.74) is 7.95. The number of nitrogens with zero attached hydrogens (tertiary/aromatic N) is 1. The topological polar surface area (TPSA) is 61.8 Å². The minimum Gasteiger partial charge on any atom is -0.399 e. The predicted octanol–water partition coefficient (Wildman–Crippen LogP) is 2.99. The summed E-state index contributed by atoms with van der Waals surface area (Å²) in [5.74, 6) is 0. The lowest BCUT2D eigenvalue weighted by atomic mass is 9.90. The van der Waals surface area contributed by atoms with Gasteiger partial charge in [0.2, 0.25) is 0 Å². The standard InChI is InChI=1S/C13H19N3/c1-4-13(2,3)9-16-12-6-5-11(15)7-10(12)8-14/h5-7,16H,4,9,15H2,1-3H3. The molecule has 3 heteroatoms. The third kappa shape index (κ3) is 3.16. The minimum atomic E-state index is 0.230. The van der Waals surface area contributed by atoms with Gasteiger partial charge in [0.1, 0.15) is 6.07 Å². The molecule has 0 saturated heterocycles. The van der Waals surface area contributed by atoms with Gasteiger partial charge >= 0.3 is 0 Å². The maximum absolute atomic E-state index is 8.98. The quantitative estimate of drug-likeness (QED) is 0.762. The van der Waals surface area contributed by atoms with Crippen molar-refractivity contribution in [1.82, 2.24) is 0 Å². The average molecular weight is 217 g/mol. The van der Waals surface area contributed by atoms with Gasteiger partial charge in [-0.25, -0.2) is 0 Å². The number of hydrogen-bond acceptors (Lipinski definition) is 3. The van der Waals surface area contributed by atoms with Gasteiger partial charge in [0.15, 0.2) is 0 Å². The van der Waals surface area contributed by atoms with Crippen molar-refractivity contribution >= 4 is 11.4 Å². The fourth-order valence-electron chi connectivity index (χ4n) is 1.27. The van der Waals surface area contributed by atoms with Crippen molar-refractivity contribution in [3.05, 3.63) is 23.8 Å². The number of benzene rings is 1. The van der Waals surface area contributed by atoms with Gasteiger partial charge in [-0.05, 0) is 30.0 Å². The molecule has 1 aromatic carbocycles. The summed E-state index contributed by atoms with van der Waals surface area (Å²) in [7, 11) is 0. The summed E-state index contributed by atoms with van der Waals surface area (Å²) in [5, 5.41) is 12.3. The molecule has 0 amide bonds. The van der Waals surface area contributed by atoms with Crippen LogP contribution in [0.5, 0.6) is 0 Å². The van der Waals surface area contributed by atoms with Crippen molar-refractivity contribution in [3.8, 4) is 6.07 Å². The van der Waals surface area contributed by atoms with Crippen LogP contribution in [0.4, 0.5) is 11.4 Å². The van der Waals surface area contributed by atoms with Gasteiger partial charge in [0.25, 0.3) is 0 Å². The Bertz CT molecular complexity index is 402. The van der Waals surface area contributed by atoms with E-state index in [2.05, 4.69) is 32.2 Å². The molecule has 0 fully saturated rings. The largest absolute Gasteiger partial charge is 0.399 e. The predicted molar refractivity (Wildman–Crippen MR) is 68.1 cm³/mol. The monoisotopic (exact) mass is 217 g/mol. The van der Waals surface area contributed by atoms with Crippen molar-refractivity contribution < 1.29 is 0 Å². The molecule has 0 saturated carbocycles. The lowest BCUT2D eigenvalue weighted by Crippen LogP contribution is -2.22. The highest BCUT2D eigenvalue weighted by Gasteiger charge is 2.15. The zero-order valence-electron chi connectivity index (χ0n) is 10.2. The Kier molecular flexibility index (Phi) is 3.78. The van der Waals surface area contributed by atoms with E-state index in [0.717, 1.165) is 18.7 Å². The van der Waals surface area contributed by atoms with Gasteiger partial charge in [-0.3, -0.25) is 0 Å². The first-order valence-electron chi connectivity index (χ1n) is 5.52. The van der Waals surface area contributed by atoms with Crippen LogP contribution in [-0.2, 0) is 0 Å². The van der Waals surface area contributed by atoms with Crippen molar-refractivity contribution in [1.29, 1.82) is 5.26 Å². The number of nitrogens with one attached hydrogen (secondary N) is 1. The SMILES string of the molecule is CCC(C)(C)CNc1ccc(N)cc1C#N. The number of nitriles is 1. The van der Waals surface area contributed by atoms with E-state index in [1.807, 2.05) is 12.1 Å². The van der Waals surface area contributed by atoms with E-state index in [1.165, 1.54) is 0 Å². The third-order valence-electron chi connectivity index (χ3n) is 2.88. The van der Waals surface area contributed by atoms with Gasteiger partial charge in [0, 0.05) is 12.2 Å². The Morgan fingerprint density at radius 1 is 1.44 bits per heavy atom. The summed E-state index contributed by atoms with van der Waals surface area (Å²) in [6.07, 6.45) is 1.09. The molecule has 0 spiro atoms. The molecule has 0 aliphatic carbocycles. The summed E-state index contributed by atoms with van der Waals surface area (Å²) >= 11 is 0. The highest BCUT2D eigenvalue weighted by atomic mass is 14.9. The van der Waals surface area contributed by atoms with Crippen molar-refractivity contribution in [2.75, 3.05) is 17.6 Å². The fraction of sp³-hybridized carbons (Fsp3) is 0.462. The first kappa shape index (κ1) is 12.4. The molecule has 1 rings (SSSR count). The van der Waals surface area contributed by atoms with Crippen LogP contribution in [0.2, 0.25) is 0 Å². The van der Waals surface area contributed by atoms with Crippen LogP contribution < -0.4 is 11.1 Å². The molecule has 0 aliphatic rings. The normalized spacial score (nSPS) is 10.9. The Morgan fingerprint density at radius 2 is 2.12 bits per heavy atom. The molecule has 16 heavy (non-hydrogen) atoms. The third-order valence-corrected chi connectivity index (χ3v) is 2.88. The molecule has 0 unspecified atom stereocenters. The average Bonchev–Trinajstić information content (AvgIpc) is 2.27. The Labute approximate surface area is 97.3 Å². The van der Waals surface area contributed by atoms with Crippen LogP contribution in [0.25, 0.3) is 0 Å². The minimum absolute atomic E-state index is 0.230. The first-order chi connectivity index (χ1) is 7.48. The summed E-state index contributed by atoms with van der Waals surface area (Å²) in [6, 6.07) is 7.51. The molecular weight excluding hydrogens is 198 g/mol. The summed E-state index contributed by atoms with van der Waals surface area (Å²) < 4.78 is 0. The molecule has 86 valence electrons. The van der Waals surface area contributed by atoms with Gasteiger partial charge in [-0.1, -0.05) is 20.8 Å². The van der Waals surface area contributed by atoms with E-state index in [-0.39, 0.29) is 5.41 Å². The number of nitrogens with two attached hydrogens (primary N) is 1. The number of rotatable bonds is 4. The van der Waals surface area contributed by atoms with E-state index < -0.39 is 0 Å². The fourth-order valence-corrected chi connectivity index (χ4v) is 1.27. The summed E-state index contributed by atoms with van der Waals surface area (Å²) in [6.45, 7) is 7.41. The molecule has 3 N–H and O–H groups in total. The number of anilines is 2. The smallest absolute Gasteiger partial charge is 0.101 e. The van der Waals surface area contributed by atoms with E-state index in [0.29, 0.717) is 11.3 Å². The van der Waals surface area contributed by atoms with E-state index in [9.17, 15) is 0 Å². The molecule has 1 aromatic rings. The zero-order valence-corrected chi connectivity index (χ0v) is 10.2. The van der Waals surface area contributed by atoms with Gasteiger partial charge < -0.3 is 11.1 Å². The number of nitrogen functional groups attached to an aromatic ring is 1. The van der Waals surface area contributed by atoms with E-state index >= 15 is 0 Å². The molecule has 0 bridgehead atoms. The zero-order chi connectivity index (χ0) is 12.2. The molecular formula is C13H19N3. The molecule has 0 atom stereocenters. The van der Waals surface area contributed by atoms with Crippen molar-refractivity contribution in [2.24, 2.45) is 5.41 Å². The summed E-state index contributed by atoms with van der Waals surface area (Å²) in [4.78, 5) is 0. The van der Waals surface area contributed by atoms with Crippen LogP contribution >= 0.6 is 0 Å². The second-order valence-electron chi connectivity index (χ2n) is 4.79. The second kappa shape index (κ2) is 4.89. The van der Waals surface area contributed by atoms with Crippen molar-refractivity contribution in [3.63, 3.8) is 0 Å². The second-order valence-corrected chi connectivity index (χ2v) is 4.79. The van der Waals surface area contributed by atoms with Crippen LogP contribution in [0.1, 0.15) is 32.8 Å². The molecule has 0 aliphatic heterocycles. The Hall–Kier alpha value is -1.69. The first-order valence-corrected chi connectivity index (χ1v) is 5.52. The van der Waals surface area contributed by atoms with Crippen molar-refractivity contribution in [2.45, 2.75) is 27.2 Å².